The normalized spacial score (nSPS) is 23.6. The molecule has 0 saturated heterocycles. The molecule has 0 aromatic heterocycles. The summed E-state index contributed by atoms with van der Waals surface area (Å²) < 4.78 is 1.08. The van der Waals surface area contributed by atoms with Crippen molar-refractivity contribution in [3.8, 4) is 0 Å². The zero-order valence-electron chi connectivity index (χ0n) is 9.46. The minimum atomic E-state index is 0.0190. The van der Waals surface area contributed by atoms with Crippen LogP contribution in [0, 0.1) is 9.49 Å². The van der Waals surface area contributed by atoms with Crippen molar-refractivity contribution in [3.63, 3.8) is 0 Å². The quantitative estimate of drug-likeness (QED) is 0.647. The van der Waals surface area contributed by atoms with E-state index in [-0.39, 0.29) is 11.9 Å². The molecule has 1 fully saturated rings. The Labute approximate surface area is 120 Å². The molecule has 2 atom stereocenters. The van der Waals surface area contributed by atoms with Crippen LogP contribution in [0.25, 0.3) is 0 Å². The summed E-state index contributed by atoms with van der Waals surface area (Å²) >= 11 is 8.12. The van der Waals surface area contributed by atoms with Crippen molar-refractivity contribution >= 4 is 40.1 Å². The van der Waals surface area contributed by atoms with Crippen LogP contribution in [0.15, 0.2) is 24.3 Å². The van der Waals surface area contributed by atoms with E-state index in [0.717, 1.165) is 28.4 Å². The van der Waals surface area contributed by atoms with E-state index in [1.165, 1.54) is 0 Å². The molecule has 2 unspecified atom stereocenters. The Morgan fingerprint density at radius 1 is 1.47 bits per heavy atom. The van der Waals surface area contributed by atoms with E-state index < -0.39 is 0 Å². The van der Waals surface area contributed by atoms with Gasteiger partial charge in [0.1, 0.15) is 0 Å². The van der Waals surface area contributed by atoms with Crippen molar-refractivity contribution in [2.45, 2.75) is 25.3 Å². The predicted molar refractivity (Wildman–Crippen MR) is 78.5 cm³/mol. The highest BCUT2D eigenvalue weighted by atomic mass is 127. The van der Waals surface area contributed by atoms with Gasteiger partial charge in [0.25, 0.3) is 5.91 Å². The maximum absolute atomic E-state index is 12.1. The highest BCUT2D eigenvalue weighted by Crippen LogP contribution is 2.26. The first-order valence-electron chi connectivity index (χ1n) is 5.83. The van der Waals surface area contributed by atoms with Crippen LogP contribution >= 0.6 is 34.2 Å². The van der Waals surface area contributed by atoms with Crippen LogP contribution < -0.4 is 5.32 Å². The van der Waals surface area contributed by atoms with Gasteiger partial charge in [-0.2, -0.15) is 0 Å². The molecule has 1 N–H and O–H groups in total. The first-order chi connectivity index (χ1) is 8.20. The van der Waals surface area contributed by atoms with Crippen molar-refractivity contribution in [2.24, 2.45) is 5.92 Å². The van der Waals surface area contributed by atoms with Crippen LogP contribution in [-0.2, 0) is 0 Å². The van der Waals surface area contributed by atoms with Crippen LogP contribution in [0.5, 0.6) is 0 Å². The van der Waals surface area contributed by atoms with Crippen LogP contribution in [-0.4, -0.2) is 17.8 Å². The van der Waals surface area contributed by atoms with Crippen molar-refractivity contribution in [3.05, 3.63) is 33.4 Å². The van der Waals surface area contributed by atoms with E-state index in [4.69, 9.17) is 11.6 Å². The van der Waals surface area contributed by atoms with Gasteiger partial charge in [0, 0.05) is 21.1 Å². The molecule has 2 rings (SSSR count). The van der Waals surface area contributed by atoms with Gasteiger partial charge in [0.05, 0.1) is 0 Å². The summed E-state index contributed by atoms with van der Waals surface area (Å²) in [7, 11) is 0. The Morgan fingerprint density at radius 3 is 3.00 bits per heavy atom. The van der Waals surface area contributed by atoms with E-state index in [2.05, 4.69) is 27.9 Å². The second-order valence-electron chi connectivity index (χ2n) is 4.44. The zero-order valence-corrected chi connectivity index (χ0v) is 12.4. The lowest BCUT2D eigenvalue weighted by Gasteiger charge is -2.18. The molecule has 2 nitrogen and oxygen atoms in total. The van der Waals surface area contributed by atoms with Gasteiger partial charge < -0.3 is 5.32 Å². The summed E-state index contributed by atoms with van der Waals surface area (Å²) in [5.41, 5.74) is 0.733. The minimum absolute atomic E-state index is 0.0190. The van der Waals surface area contributed by atoms with Gasteiger partial charge in [-0.05, 0) is 59.5 Å². The number of carbonyl (C=O) groups excluding carboxylic acids is 1. The molecule has 1 saturated carbocycles. The first kappa shape index (κ1) is 13.1. The molecule has 0 spiro atoms. The lowest BCUT2D eigenvalue weighted by Crippen LogP contribution is -2.37. The molecule has 4 heteroatoms. The van der Waals surface area contributed by atoms with Gasteiger partial charge >= 0.3 is 0 Å². The summed E-state index contributed by atoms with van der Waals surface area (Å²) in [4.78, 5) is 12.1. The molecule has 0 heterocycles. The molecule has 0 radical (unpaired) electrons. The highest BCUT2D eigenvalue weighted by molar-refractivity contribution is 14.1. The molecular formula is C13H15ClINO. The van der Waals surface area contributed by atoms with Crippen molar-refractivity contribution in [1.82, 2.24) is 5.32 Å². The number of amides is 1. The molecule has 17 heavy (non-hydrogen) atoms. The van der Waals surface area contributed by atoms with Crippen molar-refractivity contribution in [1.29, 1.82) is 0 Å². The number of alkyl halides is 1. The third-order valence-electron chi connectivity index (χ3n) is 3.26. The maximum Gasteiger partial charge on any atom is 0.251 e. The predicted octanol–water partition coefficient (Wildman–Crippen LogP) is 3.43. The Kier molecular flexibility index (Phi) is 4.68. The number of hydrogen-bond donors (Lipinski definition) is 1. The Hall–Kier alpha value is -0.290. The second kappa shape index (κ2) is 6.05. The van der Waals surface area contributed by atoms with Crippen molar-refractivity contribution in [2.75, 3.05) is 5.88 Å². The molecule has 1 amide bonds. The minimum Gasteiger partial charge on any atom is -0.349 e. The van der Waals surface area contributed by atoms with E-state index in [1.807, 2.05) is 24.3 Å². The monoisotopic (exact) mass is 363 g/mol. The summed E-state index contributed by atoms with van der Waals surface area (Å²) in [6, 6.07) is 7.89. The lowest BCUT2D eigenvalue weighted by molar-refractivity contribution is 0.0930. The molecule has 0 bridgehead atoms. The van der Waals surface area contributed by atoms with Crippen LogP contribution in [0.2, 0.25) is 0 Å². The highest BCUT2D eigenvalue weighted by Gasteiger charge is 2.27. The average molecular weight is 364 g/mol. The molecule has 0 aliphatic heterocycles. The van der Waals surface area contributed by atoms with Gasteiger partial charge in [0.15, 0.2) is 0 Å². The van der Waals surface area contributed by atoms with Gasteiger partial charge in [-0.1, -0.05) is 12.5 Å². The molecule has 1 aliphatic carbocycles. The topological polar surface area (TPSA) is 29.1 Å². The fourth-order valence-corrected chi connectivity index (χ4v) is 3.21. The second-order valence-corrected chi connectivity index (χ2v) is 5.99. The number of rotatable bonds is 3. The Balaban J connectivity index is 2.01. The summed E-state index contributed by atoms with van der Waals surface area (Å²) in [6.45, 7) is 0. The zero-order chi connectivity index (χ0) is 12.3. The van der Waals surface area contributed by atoms with Crippen molar-refractivity contribution < 1.29 is 4.79 Å². The largest absolute Gasteiger partial charge is 0.349 e. The summed E-state index contributed by atoms with van der Waals surface area (Å²) in [5, 5.41) is 3.10. The molecule has 1 aliphatic rings. The summed E-state index contributed by atoms with van der Waals surface area (Å²) in [6.07, 6.45) is 3.34. The van der Waals surface area contributed by atoms with E-state index >= 15 is 0 Å². The van der Waals surface area contributed by atoms with Gasteiger partial charge in [-0.15, -0.1) is 11.6 Å². The lowest BCUT2D eigenvalue weighted by atomic mass is 10.1. The van der Waals surface area contributed by atoms with Crippen LogP contribution in [0.3, 0.4) is 0 Å². The standard InChI is InChI=1S/C13H15ClINO/c14-8-10-4-2-6-12(10)16-13(17)9-3-1-5-11(15)7-9/h1,3,5,7,10,12H,2,4,6,8H2,(H,16,17). The Bertz CT molecular complexity index is 410. The number of nitrogens with one attached hydrogen (secondary N) is 1. The number of halogens is 2. The SMILES string of the molecule is O=C(NC1CCCC1CCl)c1cccc(I)c1. The van der Waals surface area contributed by atoms with Gasteiger partial charge in [0.2, 0.25) is 0 Å². The van der Waals surface area contributed by atoms with E-state index in [9.17, 15) is 4.79 Å². The average Bonchev–Trinajstić information content (AvgIpc) is 2.76. The number of carbonyl (C=O) groups is 1. The third kappa shape index (κ3) is 3.35. The first-order valence-corrected chi connectivity index (χ1v) is 7.44. The molecule has 1 aromatic carbocycles. The smallest absolute Gasteiger partial charge is 0.251 e. The van der Waals surface area contributed by atoms with Gasteiger partial charge in [-0.25, -0.2) is 0 Å². The fraction of sp³-hybridized carbons (Fsp3) is 0.462. The molecule has 92 valence electrons. The van der Waals surface area contributed by atoms with Crippen LogP contribution in [0.4, 0.5) is 0 Å². The number of hydrogen-bond acceptors (Lipinski definition) is 1. The number of benzene rings is 1. The van der Waals surface area contributed by atoms with E-state index in [0.29, 0.717) is 11.8 Å². The van der Waals surface area contributed by atoms with Gasteiger partial charge in [-0.3, -0.25) is 4.79 Å². The van der Waals surface area contributed by atoms with Crippen LogP contribution in [0.1, 0.15) is 29.6 Å². The third-order valence-corrected chi connectivity index (χ3v) is 4.33. The molecular weight excluding hydrogens is 349 g/mol. The summed E-state index contributed by atoms with van der Waals surface area (Å²) in [5.74, 6) is 1.09. The molecule has 1 aromatic rings. The fourth-order valence-electron chi connectivity index (χ4n) is 2.29. The Morgan fingerprint density at radius 2 is 2.29 bits per heavy atom. The maximum atomic E-state index is 12.1. The van der Waals surface area contributed by atoms with E-state index in [1.54, 1.807) is 0 Å².